The molecule has 0 aliphatic rings. The third kappa shape index (κ3) is 29.5. The largest absolute Gasteiger partial charge is 1.00 e. The summed E-state index contributed by atoms with van der Waals surface area (Å²) >= 11 is 0. The summed E-state index contributed by atoms with van der Waals surface area (Å²) in [6, 6.07) is 0. The summed E-state index contributed by atoms with van der Waals surface area (Å²) in [5.41, 5.74) is 0. The first-order valence-electron chi connectivity index (χ1n) is 7.48. The maximum absolute atomic E-state index is 9.79. The molecule has 2 unspecified atom stereocenters. The van der Waals surface area contributed by atoms with Crippen LogP contribution in [0.3, 0.4) is 0 Å². The molecule has 0 saturated heterocycles. The Labute approximate surface area is 154 Å². The molecule has 0 aliphatic carbocycles. The van der Waals surface area contributed by atoms with Crippen LogP contribution in [0.25, 0.3) is 0 Å². The van der Waals surface area contributed by atoms with E-state index in [0.29, 0.717) is 5.92 Å². The van der Waals surface area contributed by atoms with E-state index in [-0.39, 0.29) is 37.1 Å². The van der Waals surface area contributed by atoms with Crippen LogP contribution in [0.1, 0.15) is 74.1 Å². The minimum atomic E-state index is -4.67. The predicted octanol–water partition coefficient (Wildman–Crippen LogP) is 0.854. The number of hydrogen-bond donors (Lipinski definition) is 3. The number of aliphatic hydroxyl groups excluding tert-OH is 1. The first-order valence-corrected chi connectivity index (χ1v) is 8.87. The molecule has 0 aromatic rings. The van der Waals surface area contributed by atoms with Crippen LogP contribution in [0.5, 0.6) is 0 Å². The fourth-order valence-electron chi connectivity index (χ4n) is 2.14. The fourth-order valence-corrected chi connectivity index (χ4v) is 2.14. The predicted molar refractivity (Wildman–Crippen MR) is 83.3 cm³/mol. The van der Waals surface area contributed by atoms with E-state index < -0.39 is 10.4 Å². The van der Waals surface area contributed by atoms with Crippen LogP contribution < -0.4 is 29.6 Å². The van der Waals surface area contributed by atoms with E-state index in [1.165, 1.54) is 32.1 Å². The molecule has 5 nitrogen and oxygen atoms in total. The van der Waals surface area contributed by atoms with Gasteiger partial charge in [0, 0.05) is 0 Å². The summed E-state index contributed by atoms with van der Waals surface area (Å²) in [6.07, 6.45) is 8.37. The molecule has 3 N–H and O–H groups in total. The second-order valence-corrected chi connectivity index (χ2v) is 6.62. The quantitative estimate of drug-likeness (QED) is 0.429. The summed E-state index contributed by atoms with van der Waals surface area (Å²) in [4.78, 5) is 0. The fraction of sp³-hybridized carbons (Fsp3) is 1.00. The molecule has 0 saturated carbocycles. The van der Waals surface area contributed by atoms with Crippen LogP contribution in [-0.4, -0.2) is 28.7 Å². The Morgan fingerprint density at radius 3 is 1.86 bits per heavy atom. The van der Waals surface area contributed by atoms with Crippen LogP contribution in [0.2, 0.25) is 0 Å². The van der Waals surface area contributed by atoms with Gasteiger partial charge in [-0.25, -0.2) is 0 Å². The second kappa shape index (κ2) is 15.7. The third-order valence-corrected chi connectivity index (χ3v) is 3.19. The van der Waals surface area contributed by atoms with Gasteiger partial charge in [-0.3, -0.25) is 9.11 Å². The molecule has 0 fully saturated rings. The summed E-state index contributed by atoms with van der Waals surface area (Å²) in [6.45, 7) is 8.88. The van der Waals surface area contributed by atoms with Crippen LogP contribution in [-0.2, 0) is 10.4 Å². The molecule has 7 heteroatoms. The number of hydrogen-bond acceptors (Lipinski definition) is 3. The monoisotopic (exact) mass is 336 g/mol. The summed E-state index contributed by atoms with van der Waals surface area (Å²) in [5, 5.41) is 9.79. The standard InChI is InChI=1S/C14H30O.Na.H2O4S.H/c1-5-7-8-13(6-2)9-10-14(15)11-12(3)4;;1-5(2,3)4;/h12-15H,5-11H2,1-4H3;;(H2,1,2,3,4);/q;+1;;-1. The van der Waals surface area contributed by atoms with Crippen molar-refractivity contribution in [1.82, 2.24) is 0 Å². The van der Waals surface area contributed by atoms with Gasteiger partial charge in [-0.05, 0) is 31.1 Å². The number of unbranched alkanes of at least 4 members (excludes halogenated alkanes) is 1. The van der Waals surface area contributed by atoms with Gasteiger partial charge in [0.15, 0.2) is 0 Å². The van der Waals surface area contributed by atoms with E-state index in [0.717, 1.165) is 18.8 Å². The molecule has 126 valence electrons. The maximum Gasteiger partial charge on any atom is 1.00 e. The summed E-state index contributed by atoms with van der Waals surface area (Å²) in [5.74, 6) is 1.46. The van der Waals surface area contributed by atoms with Crippen molar-refractivity contribution in [3.8, 4) is 0 Å². The first-order chi connectivity index (χ1) is 9.10. The normalized spacial score (nSPS) is 13.9. The molecule has 0 aromatic heterocycles. The molecule has 0 aromatic carbocycles. The van der Waals surface area contributed by atoms with Gasteiger partial charge in [0.05, 0.1) is 6.10 Å². The molecule has 0 rings (SSSR count). The molecule has 0 heterocycles. The van der Waals surface area contributed by atoms with Gasteiger partial charge in [0.25, 0.3) is 0 Å². The van der Waals surface area contributed by atoms with Crippen molar-refractivity contribution in [2.24, 2.45) is 11.8 Å². The van der Waals surface area contributed by atoms with E-state index >= 15 is 0 Å². The third-order valence-electron chi connectivity index (χ3n) is 3.19. The van der Waals surface area contributed by atoms with E-state index in [1.807, 2.05) is 0 Å². The molecule has 0 radical (unpaired) electrons. The Morgan fingerprint density at radius 1 is 1.05 bits per heavy atom. The molecule has 0 amide bonds. The van der Waals surface area contributed by atoms with Crippen molar-refractivity contribution in [2.45, 2.75) is 78.7 Å². The van der Waals surface area contributed by atoms with Crippen molar-refractivity contribution < 1.29 is 53.6 Å². The zero-order chi connectivity index (χ0) is 16.2. The van der Waals surface area contributed by atoms with Crippen molar-refractivity contribution in [3.05, 3.63) is 0 Å². The first kappa shape index (κ1) is 26.7. The molecular weight excluding hydrogens is 303 g/mol. The van der Waals surface area contributed by atoms with Crippen molar-refractivity contribution >= 4 is 10.4 Å². The molecule has 2 atom stereocenters. The van der Waals surface area contributed by atoms with Crippen molar-refractivity contribution in [3.63, 3.8) is 0 Å². The Bertz CT molecular complexity index is 304. The zero-order valence-corrected chi connectivity index (χ0v) is 17.1. The van der Waals surface area contributed by atoms with Crippen LogP contribution in [0, 0.1) is 11.8 Å². The number of aliphatic hydroxyl groups is 1. The van der Waals surface area contributed by atoms with Gasteiger partial charge in [-0.1, -0.05) is 53.4 Å². The topological polar surface area (TPSA) is 94.8 Å². The van der Waals surface area contributed by atoms with Gasteiger partial charge in [0.1, 0.15) is 0 Å². The van der Waals surface area contributed by atoms with E-state index in [2.05, 4.69) is 27.7 Å². The van der Waals surface area contributed by atoms with E-state index in [4.69, 9.17) is 17.5 Å². The van der Waals surface area contributed by atoms with Gasteiger partial charge < -0.3 is 6.53 Å². The van der Waals surface area contributed by atoms with Crippen LogP contribution in [0.15, 0.2) is 0 Å². The van der Waals surface area contributed by atoms with Crippen LogP contribution >= 0.6 is 0 Å². The SMILES string of the molecule is CCCCC(CC)CCC(O)CC(C)C.O=S(=O)(O)O.[H-].[Na+]. The summed E-state index contributed by atoms with van der Waals surface area (Å²) in [7, 11) is -4.67. The summed E-state index contributed by atoms with van der Waals surface area (Å²) < 4.78 is 31.6. The average molecular weight is 336 g/mol. The maximum atomic E-state index is 9.79. The van der Waals surface area contributed by atoms with E-state index in [1.54, 1.807) is 0 Å². The van der Waals surface area contributed by atoms with Gasteiger partial charge in [-0.2, -0.15) is 8.42 Å². The van der Waals surface area contributed by atoms with Crippen LogP contribution in [0.4, 0.5) is 0 Å². The Hall–Kier alpha value is 0.830. The molecule has 21 heavy (non-hydrogen) atoms. The number of rotatable bonds is 9. The van der Waals surface area contributed by atoms with Gasteiger partial charge >= 0.3 is 40.0 Å². The molecule has 0 aliphatic heterocycles. The van der Waals surface area contributed by atoms with Gasteiger partial charge in [0.2, 0.25) is 0 Å². The average Bonchev–Trinajstić information content (AvgIpc) is 2.26. The minimum Gasteiger partial charge on any atom is -1.00 e. The Morgan fingerprint density at radius 2 is 1.52 bits per heavy atom. The van der Waals surface area contributed by atoms with Crippen molar-refractivity contribution in [1.29, 1.82) is 0 Å². The van der Waals surface area contributed by atoms with E-state index in [9.17, 15) is 5.11 Å². The molecule has 0 spiro atoms. The van der Waals surface area contributed by atoms with Gasteiger partial charge in [-0.15, -0.1) is 0 Å². The van der Waals surface area contributed by atoms with Crippen molar-refractivity contribution in [2.75, 3.05) is 0 Å². The molecular formula is C14H33NaO5S. The second-order valence-electron chi connectivity index (χ2n) is 5.73. The zero-order valence-electron chi connectivity index (χ0n) is 15.2. The smallest absolute Gasteiger partial charge is 1.00 e. The Kier molecular flexibility index (Phi) is 20.0. The minimum absolute atomic E-state index is 0. The molecule has 0 bridgehead atoms. The Balaban J connectivity index is -0.000000201.